The molecule has 0 unspecified atom stereocenters. The van der Waals surface area contributed by atoms with Gasteiger partial charge in [0, 0.05) is 6.20 Å². The molecule has 3 aromatic heterocycles. The molecular weight excluding hydrogens is 435 g/mol. The number of carbonyl (C=O) groups excluding carboxylic acids is 1. The van der Waals surface area contributed by atoms with Crippen molar-refractivity contribution in [2.24, 2.45) is 0 Å². The predicted octanol–water partition coefficient (Wildman–Crippen LogP) is 5.13. The number of fused-ring (bicyclic) bond motifs is 1. The zero-order valence-corrected chi connectivity index (χ0v) is 17.0. The van der Waals surface area contributed by atoms with Crippen LogP contribution in [0.2, 0.25) is 0 Å². The smallest absolute Gasteiger partial charge is 0.416 e. The van der Waals surface area contributed by atoms with E-state index in [2.05, 4.69) is 15.4 Å². The summed E-state index contributed by atoms with van der Waals surface area (Å²) in [5, 5.41) is 6.95. The number of para-hydroxylation sites is 1. The van der Waals surface area contributed by atoms with Crippen LogP contribution < -0.4 is 5.32 Å². The van der Waals surface area contributed by atoms with Crippen LogP contribution in [0.25, 0.3) is 16.7 Å². The Balaban J connectivity index is 1.50. The van der Waals surface area contributed by atoms with Gasteiger partial charge in [0.25, 0.3) is 5.91 Å². The molecule has 7 nitrogen and oxygen atoms in total. The van der Waals surface area contributed by atoms with Crippen molar-refractivity contribution in [1.29, 1.82) is 0 Å². The molecule has 0 bridgehead atoms. The zero-order chi connectivity index (χ0) is 23.0. The third-order valence-corrected chi connectivity index (χ3v) is 5.04. The number of carbonyl (C=O) groups is 1. The van der Waals surface area contributed by atoms with Crippen LogP contribution in [0.1, 0.15) is 21.8 Å². The van der Waals surface area contributed by atoms with Crippen LogP contribution in [-0.4, -0.2) is 25.2 Å². The first-order valence-corrected chi connectivity index (χ1v) is 9.91. The summed E-state index contributed by atoms with van der Waals surface area (Å²) in [6.45, 7) is 0.170. The number of rotatable bonds is 5. The highest BCUT2D eigenvalue weighted by molar-refractivity contribution is 6.02. The predicted molar refractivity (Wildman–Crippen MR) is 114 cm³/mol. The molecule has 1 N–H and O–H groups in total. The maximum Gasteiger partial charge on any atom is 0.416 e. The van der Waals surface area contributed by atoms with Crippen LogP contribution >= 0.6 is 0 Å². The van der Waals surface area contributed by atoms with E-state index in [4.69, 9.17) is 4.42 Å². The van der Waals surface area contributed by atoms with E-state index in [9.17, 15) is 18.0 Å². The van der Waals surface area contributed by atoms with Crippen LogP contribution in [0.5, 0.6) is 0 Å². The Bertz CT molecular complexity index is 1420. The van der Waals surface area contributed by atoms with Crippen molar-refractivity contribution >= 4 is 22.9 Å². The van der Waals surface area contributed by atoms with Gasteiger partial charge in [-0.1, -0.05) is 18.2 Å². The van der Waals surface area contributed by atoms with E-state index < -0.39 is 17.6 Å². The summed E-state index contributed by atoms with van der Waals surface area (Å²) < 4.78 is 48.0. The van der Waals surface area contributed by atoms with Gasteiger partial charge in [-0.15, -0.1) is 0 Å². The van der Waals surface area contributed by atoms with Crippen molar-refractivity contribution in [1.82, 2.24) is 19.3 Å². The van der Waals surface area contributed by atoms with Crippen LogP contribution in [-0.2, 0) is 12.7 Å². The normalized spacial score (nSPS) is 11.7. The second-order valence-electron chi connectivity index (χ2n) is 7.24. The van der Waals surface area contributed by atoms with Crippen LogP contribution in [0, 0.1) is 0 Å². The van der Waals surface area contributed by atoms with Gasteiger partial charge in [-0.05, 0) is 48.5 Å². The van der Waals surface area contributed by atoms with E-state index in [-0.39, 0.29) is 23.7 Å². The quantitative estimate of drug-likeness (QED) is 0.402. The average molecular weight is 451 g/mol. The number of hydrogen-bond acceptors (Lipinski definition) is 4. The molecule has 0 aliphatic carbocycles. The van der Waals surface area contributed by atoms with Gasteiger partial charge in [-0.3, -0.25) is 10.1 Å². The van der Waals surface area contributed by atoms with Crippen molar-refractivity contribution in [2.75, 3.05) is 5.32 Å². The van der Waals surface area contributed by atoms with Gasteiger partial charge in [0.15, 0.2) is 5.69 Å². The third-order valence-electron chi connectivity index (χ3n) is 5.04. The van der Waals surface area contributed by atoms with Crippen molar-refractivity contribution in [3.63, 3.8) is 0 Å². The summed E-state index contributed by atoms with van der Waals surface area (Å²) >= 11 is 0. The summed E-state index contributed by atoms with van der Waals surface area (Å²) in [6, 6.07) is 17.5. The number of imidazole rings is 1. The second-order valence-corrected chi connectivity index (χ2v) is 7.24. The lowest BCUT2D eigenvalue weighted by Crippen LogP contribution is -2.17. The molecule has 33 heavy (non-hydrogen) atoms. The molecule has 0 aliphatic heterocycles. The summed E-state index contributed by atoms with van der Waals surface area (Å²) in [5.74, 6) is 0.0924. The van der Waals surface area contributed by atoms with Gasteiger partial charge in [0.1, 0.15) is 5.76 Å². The molecule has 2 aromatic carbocycles. The standard InChI is InChI=1S/C23H16F3N5O2/c24-23(25,26)15-8-9-20-19(13-15)27-22(30(20)14-17-7-4-12-33-17)28-21(32)18-10-11-31(29-18)16-5-2-1-3-6-16/h1-13H,14H2,(H,27,28,32). The lowest BCUT2D eigenvalue weighted by Gasteiger charge is -2.09. The highest BCUT2D eigenvalue weighted by Crippen LogP contribution is 2.32. The first kappa shape index (κ1) is 20.6. The van der Waals surface area contributed by atoms with Gasteiger partial charge in [-0.2, -0.15) is 18.3 Å². The van der Waals surface area contributed by atoms with Crippen LogP contribution in [0.3, 0.4) is 0 Å². The van der Waals surface area contributed by atoms with Crippen molar-refractivity contribution in [3.05, 3.63) is 96.2 Å². The van der Waals surface area contributed by atoms with Gasteiger partial charge >= 0.3 is 6.18 Å². The Labute approximate surface area is 185 Å². The number of amides is 1. The van der Waals surface area contributed by atoms with Crippen LogP contribution in [0.15, 0.2) is 83.6 Å². The molecular formula is C23H16F3N5O2. The Morgan fingerprint density at radius 1 is 1.03 bits per heavy atom. The van der Waals surface area contributed by atoms with Crippen LogP contribution in [0.4, 0.5) is 19.1 Å². The fourth-order valence-electron chi connectivity index (χ4n) is 3.46. The largest absolute Gasteiger partial charge is 0.467 e. The fraction of sp³-hybridized carbons (Fsp3) is 0.0870. The molecule has 0 spiro atoms. The lowest BCUT2D eigenvalue weighted by atomic mass is 10.2. The Hall–Kier alpha value is -4.34. The van der Waals surface area contributed by atoms with E-state index >= 15 is 0 Å². The number of halogens is 3. The van der Waals surface area contributed by atoms with E-state index in [1.54, 1.807) is 33.6 Å². The third kappa shape index (κ3) is 4.10. The molecule has 0 aliphatic rings. The Morgan fingerprint density at radius 2 is 1.85 bits per heavy atom. The molecule has 0 radical (unpaired) electrons. The molecule has 3 heterocycles. The first-order valence-electron chi connectivity index (χ1n) is 9.91. The van der Waals surface area contributed by atoms with E-state index in [0.717, 1.165) is 17.8 Å². The van der Waals surface area contributed by atoms with Gasteiger partial charge in [-0.25, -0.2) is 9.67 Å². The van der Waals surface area contributed by atoms with E-state index in [1.807, 2.05) is 30.3 Å². The minimum absolute atomic E-state index is 0.0833. The topological polar surface area (TPSA) is 77.9 Å². The number of alkyl halides is 3. The molecule has 10 heteroatoms. The summed E-state index contributed by atoms with van der Waals surface area (Å²) in [6.07, 6.45) is -1.37. The SMILES string of the molecule is O=C(Nc1nc2cc(C(F)(F)F)ccc2n1Cc1ccco1)c1ccn(-c2ccccc2)n1. The summed E-state index contributed by atoms with van der Waals surface area (Å²) in [4.78, 5) is 17.1. The molecule has 0 saturated carbocycles. The average Bonchev–Trinajstić information content (AvgIpc) is 3.55. The van der Waals surface area contributed by atoms with Gasteiger partial charge in [0.2, 0.25) is 5.95 Å². The number of furan rings is 1. The molecule has 1 amide bonds. The molecule has 166 valence electrons. The Kier molecular flexibility index (Phi) is 4.97. The number of hydrogen-bond donors (Lipinski definition) is 1. The minimum atomic E-state index is -4.51. The number of nitrogens with one attached hydrogen (secondary N) is 1. The van der Waals surface area contributed by atoms with E-state index in [0.29, 0.717) is 11.3 Å². The zero-order valence-electron chi connectivity index (χ0n) is 17.0. The molecule has 0 saturated heterocycles. The molecule has 0 atom stereocenters. The summed E-state index contributed by atoms with van der Waals surface area (Å²) in [7, 11) is 0. The molecule has 5 aromatic rings. The minimum Gasteiger partial charge on any atom is -0.467 e. The summed E-state index contributed by atoms with van der Waals surface area (Å²) in [5.41, 5.74) is 0.607. The Morgan fingerprint density at radius 3 is 2.58 bits per heavy atom. The highest BCUT2D eigenvalue weighted by Gasteiger charge is 2.31. The lowest BCUT2D eigenvalue weighted by molar-refractivity contribution is -0.137. The fourth-order valence-corrected chi connectivity index (χ4v) is 3.46. The number of anilines is 1. The second kappa shape index (κ2) is 7.97. The number of aromatic nitrogens is 4. The van der Waals surface area contributed by atoms with Gasteiger partial charge in [0.05, 0.1) is 35.1 Å². The van der Waals surface area contributed by atoms with Crippen molar-refractivity contribution < 1.29 is 22.4 Å². The monoisotopic (exact) mass is 451 g/mol. The van der Waals surface area contributed by atoms with E-state index in [1.165, 1.54) is 12.3 Å². The molecule has 0 fully saturated rings. The maximum absolute atomic E-state index is 13.2. The molecule has 5 rings (SSSR count). The maximum atomic E-state index is 13.2. The van der Waals surface area contributed by atoms with Crippen molar-refractivity contribution in [3.8, 4) is 5.69 Å². The van der Waals surface area contributed by atoms with Gasteiger partial charge < -0.3 is 8.98 Å². The first-order chi connectivity index (χ1) is 15.9. The number of benzene rings is 2. The van der Waals surface area contributed by atoms with Crippen molar-refractivity contribution in [2.45, 2.75) is 12.7 Å². The highest BCUT2D eigenvalue weighted by atomic mass is 19.4. The number of nitrogens with zero attached hydrogens (tertiary/aromatic N) is 4.